The van der Waals surface area contributed by atoms with Crippen molar-refractivity contribution in [3.8, 4) is 52.8 Å². The average molecular weight is 1570 g/mol. The van der Waals surface area contributed by atoms with E-state index in [1.54, 1.807) is 63.2 Å². The first-order valence-electron chi connectivity index (χ1n) is 35.3. The molecular formula is C75H101N10O17P3S2. The van der Waals surface area contributed by atoms with E-state index in [4.69, 9.17) is 33.9 Å². The van der Waals surface area contributed by atoms with Crippen LogP contribution in [-0.2, 0) is 58.3 Å². The van der Waals surface area contributed by atoms with Crippen molar-refractivity contribution in [2.24, 2.45) is 0 Å². The first-order chi connectivity index (χ1) is 50.3. The van der Waals surface area contributed by atoms with Gasteiger partial charge in [-0.1, -0.05) is 35.5 Å². The van der Waals surface area contributed by atoms with Gasteiger partial charge in [0.2, 0.25) is 22.1 Å². The summed E-state index contributed by atoms with van der Waals surface area (Å²) in [6, 6.07) is 26.1. The SMILES string of the molecule is CCN(CCCS(=O)(=O)O)c1cc(C#Cc2cc(CN3CCN(Cc4cc(C#Cc5ccc(OC)c(N(CC)CCCS(=O)(=O)O)c5)cc(P(C)(=O)O)n4)CCN(Cc4cc(C#Cc5ccc(OCCCNC(=O)OC(C)(C)C)c(N(CC)CC)c5)cc(P(C)(=O)O)n4)CC3)nc(P(C)(=O)O)c2)ccc1OC. The highest BCUT2D eigenvalue weighted by molar-refractivity contribution is 7.86. The minimum Gasteiger partial charge on any atom is -0.495 e. The normalized spacial score (nSPS) is 15.0. The van der Waals surface area contributed by atoms with E-state index in [1.165, 1.54) is 52.4 Å². The van der Waals surface area contributed by atoms with Crippen molar-refractivity contribution in [1.82, 2.24) is 35.0 Å². The second kappa shape index (κ2) is 39.0. The Morgan fingerprint density at radius 1 is 0.495 bits per heavy atom. The fourth-order valence-corrected chi connectivity index (χ4v) is 14.7. The van der Waals surface area contributed by atoms with Crippen molar-refractivity contribution < 1.29 is 78.1 Å². The van der Waals surface area contributed by atoms with Gasteiger partial charge in [-0.2, -0.15) is 16.8 Å². The highest BCUT2D eigenvalue weighted by Crippen LogP contribution is 2.37. The van der Waals surface area contributed by atoms with Gasteiger partial charge in [0.05, 0.1) is 66.5 Å². The molecule has 0 aliphatic carbocycles. The molecule has 0 radical (unpaired) electrons. The van der Waals surface area contributed by atoms with E-state index in [2.05, 4.69) is 60.4 Å². The van der Waals surface area contributed by atoms with Crippen LogP contribution in [0.25, 0.3) is 0 Å². The van der Waals surface area contributed by atoms with Crippen LogP contribution in [0.2, 0.25) is 0 Å². The third-order valence-corrected chi connectivity index (χ3v) is 21.9. The van der Waals surface area contributed by atoms with Crippen molar-refractivity contribution in [2.75, 3.05) is 152 Å². The summed E-state index contributed by atoms with van der Waals surface area (Å²) in [6.07, 6.45) is 0.337. The fraction of sp³-hybridized carbons (Fsp3) is 0.467. The molecule has 0 spiro atoms. The lowest BCUT2D eigenvalue weighted by molar-refractivity contribution is 0.0525. The molecule has 3 atom stereocenters. The average Bonchev–Trinajstić information content (AvgIpc) is 1.25. The Balaban J connectivity index is 1.24. The molecule has 0 bridgehead atoms. The number of carbonyl (C=O) groups excluding carboxylic acids is 1. The Labute approximate surface area is 630 Å². The molecule has 1 saturated heterocycles. The van der Waals surface area contributed by atoms with Crippen LogP contribution in [0.15, 0.2) is 91.0 Å². The van der Waals surface area contributed by atoms with Gasteiger partial charge in [-0.25, -0.2) is 19.7 Å². The van der Waals surface area contributed by atoms with E-state index in [-0.39, 0.29) is 48.8 Å². The quantitative estimate of drug-likeness (QED) is 0.0104. The first kappa shape index (κ1) is 86.4. The van der Waals surface area contributed by atoms with Crippen LogP contribution in [0.3, 0.4) is 0 Å². The van der Waals surface area contributed by atoms with Crippen LogP contribution in [0.5, 0.6) is 17.2 Å². The lowest BCUT2D eigenvalue weighted by Crippen LogP contribution is -2.36. The molecule has 0 saturated carbocycles. The summed E-state index contributed by atoms with van der Waals surface area (Å²) in [4.78, 5) is 72.3. The summed E-state index contributed by atoms with van der Waals surface area (Å²) in [6.45, 7) is 23.7. The lowest BCUT2D eigenvalue weighted by atomic mass is 10.1. The molecule has 1 aliphatic rings. The lowest BCUT2D eigenvalue weighted by Gasteiger charge is -2.26. The highest BCUT2D eigenvalue weighted by Gasteiger charge is 2.26. The number of pyridine rings is 3. The number of amides is 1. The molecule has 6 aromatic rings. The minimum absolute atomic E-state index is 0.0299. The number of nitrogens with one attached hydrogen (secondary N) is 1. The third kappa shape index (κ3) is 28.6. The molecular weight excluding hydrogens is 1470 g/mol. The van der Waals surface area contributed by atoms with Crippen molar-refractivity contribution >= 4 is 81.8 Å². The maximum atomic E-state index is 13.6. The van der Waals surface area contributed by atoms with E-state index >= 15 is 0 Å². The predicted molar refractivity (Wildman–Crippen MR) is 421 cm³/mol. The van der Waals surface area contributed by atoms with E-state index in [1.807, 2.05) is 67.8 Å². The number of anilines is 3. The van der Waals surface area contributed by atoms with Crippen LogP contribution in [0.4, 0.5) is 21.9 Å². The number of ether oxygens (including phenoxy) is 4. The molecule has 3 aromatic carbocycles. The molecule has 580 valence electrons. The summed E-state index contributed by atoms with van der Waals surface area (Å²) in [7, 11) is -17.3. The second-order valence-corrected chi connectivity index (χ2v) is 36.8. The smallest absolute Gasteiger partial charge is 0.407 e. The summed E-state index contributed by atoms with van der Waals surface area (Å²) in [5, 5.41) is 2.76. The van der Waals surface area contributed by atoms with Crippen molar-refractivity contribution in [3.05, 3.63) is 141 Å². The molecule has 27 nitrogen and oxygen atoms in total. The van der Waals surface area contributed by atoms with Gasteiger partial charge in [0.15, 0.2) is 0 Å². The van der Waals surface area contributed by atoms with E-state index in [0.717, 1.165) is 5.69 Å². The summed E-state index contributed by atoms with van der Waals surface area (Å²) >= 11 is 0. The Hall–Kier alpha value is -7.87. The zero-order valence-corrected chi connectivity index (χ0v) is 67.4. The zero-order chi connectivity index (χ0) is 78.5. The van der Waals surface area contributed by atoms with Crippen LogP contribution >= 0.6 is 22.1 Å². The second-order valence-electron chi connectivity index (χ2n) is 27.0. The number of rotatable bonds is 31. The Morgan fingerprint density at radius 3 is 1.11 bits per heavy atom. The summed E-state index contributed by atoms with van der Waals surface area (Å²) < 4.78 is 129. The van der Waals surface area contributed by atoms with E-state index in [0.29, 0.717) is 177 Å². The minimum atomic E-state index is -4.18. The molecule has 107 heavy (non-hydrogen) atoms. The van der Waals surface area contributed by atoms with Gasteiger partial charge in [0.25, 0.3) is 20.2 Å². The van der Waals surface area contributed by atoms with Gasteiger partial charge in [-0.05, 0) is 159 Å². The molecule has 1 amide bonds. The van der Waals surface area contributed by atoms with Crippen molar-refractivity contribution in [1.29, 1.82) is 0 Å². The van der Waals surface area contributed by atoms with Gasteiger partial charge >= 0.3 is 6.09 Å². The number of aromatic nitrogens is 3. The van der Waals surface area contributed by atoms with Crippen LogP contribution < -0.4 is 50.5 Å². The Bertz CT molecular complexity index is 4480. The molecule has 3 aromatic heterocycles. The standard InChI is InChI=1S/C75H101N10O17P3S2/c1-13-83(14-2)67-49-58(28-31-70(67)101-41-17-32-76-74(86)102-75(5,6)7)22-25-61-46-64(79-73(52-61)105(12,91)92)55-82-39-37-80(53-62-44-59(50-71(77-62)103(10,87)88)23-20-56-26-29-68(99-8)65(47-56)84(15-3)33-18-42-106(93,94)95)35-36-81(38-40-82)54-63-45-60(51-72(78-63)104(11,89)90)24-21-57-27-30-69(100-9)66(48-57)85(16-4)34-19-43-107(96,97)98/h26-31,44-52H,13-19,32-43,53-55H2,1-12H3,(H,76,86)(H,87,88)(H,89,90)(H,91,92)(H,93,94,95)(H,96,97,98). The van der Waals surface area contributed by atoms with Crippen LogP contribution in [0, 0.1) is 35.5 Å². The number of hydrogen-bond donors (Lipinski definition) is 6. The fourth-order valence-electron chi connectivity index (χ4n) is 11.7. The molecule has 4 heterocycles. The number of methoxy groups -OCH3 is 2. The topological polar surface area (TPSA) is 345 Å². The van der Waals surface area contributed by atoms with Gasteiger partial charge in [-0.15, -0.1) is 0 Å². The van der Waals surface area contributed by atoms with Crippen LogP contribution in [-0.4, -0.2) is 219 Å². The molecule has 6 N–H and O–H groups in total. The Morgan fingerprint density at radius 2 is 0.813 bits per heavy atom. The van der Waals surface area contributed by atoms with Gasteiger partial charge < -0.3 is 53.6 Å². The number of benzene rings is 3. The molecule has 3 unspecified atom stereocenters. The zero-order valence-electron chi connectivity index (χ0n) is 63.0. The molecule has 1 fully saturated rings. The monoisotopic (exact) mass is 1570 g/mol. The molecule has 7 rings (SSSR count). The third-order valence-electron chi connectivity index (χ3n) is 17.1. The maximum absolute atomic E-state index is 13.6. The first-order valence-corrected chi connectivity index (χ1v) is 44.8. The van der Waals surface area contributed by atoms with Gasteiger partial charge in [-0.3, -0.25) is 37.5 Å². The van der Waals surface area contributed by atoms with Crippen LogP contribution in [0.1, 0.15) is 118 Å². The Kier molecular flexibility index (Phi) is 31.5. The molecule has 32 heteroatoms. The maximum Gasteiger partial charge on any atom is 0.407 e. The number of alkyl carbamates (subject to hydrolysis) is 1. The van der Waals surface area contributed by atoms with Crippen molar-refractivity contribution in [2.45, 2.75) is 93.0 Å². The van der Waals surface area contributed by atoms with E-state index < -0.39 is 65.5 Å². The van der Waals surface area contributed by atoms with E-state index in [9.17, 15) is 59.1 Å². The summed E-state index contributed by atoms with van der Waals surface area (Å²) in [5.41, 5.74) is 5.80. The highest BCUT2D eigenvalue weighted by atomic mass is 32.2. The van der Waals surface area contributed by atoms with Gasteiger partial charge in [0.1, 0.15) is 39.2 Å². The number of carbonyl (C=O) groups is 1. The van der Waals surface area contributed by atoms with Gasteiger partial charge in [0, 0.05) is 158 Å². The van der Waals surface area contributed by atoms with Crippen molar-refractivity contribution in [3.63, 3.8) is 0 Å². The summed E-state index contributed by atoms with van der Waals surface area (Å²) in [5.74, 6) is 20.1. The molecule has 1 aliphatic heterocycles. The predicted octanol–water partition coefficient (Wildman–Crippen LogP) is 7.83. The number of nitrogens with zero attached hydrogens (tertiary/aromatic N) is 9. The number of hydrogen-bond acceptors (Lipinski definition) is 21. The largest absolute Gasteiger partial charge is 0.495 e.